The number of aliphatic hydroxyl groups excluding tert-OH is 2. The van der Waals surface area contributed by atoms with E-state index in [4.69, 9.17) is 18.9 Å². The van der Waals surface area contributed by atoms with Crippen LogP contribution in [0.2, 0.25) is 0 Å². The molecule has 5 bridgehead atoms. The minimum absolute atomic E-state index is 0.0165. The Bertz CT molecular complexity index is 2250. The fraction of sp³-hybridized carbons (Fsp3) is 0.490. The molecule has 1 aliphatic carbocycles. The van der Waals surface area contributed by atoms with Gasteiger partial charge in [0.2, 0.25) is 11.6 Å². The number of nitrogens with one attached hydrogen (secondary N) is 1. The molecule has 14 heteroatoms. The molecule has 1 saturated heterocycles. The van der Waals surface area contributed by atoms with Gasteiger partial charge in [-0.2, -0.15) is 0 Å². The molecule has 2 aromatic rings. The van der Waals surface area contributed by atoms with Crippen molar-refractivity contribution in [3.63, 3.8) is 0 Å². The number of piperidine rings is 1. The van der Waals surface area contributed by atoms with Crippen molar-refractivity contribution in [3.05, 3.63) is 106 Å². The SMILES string of the molecule is CO[C@H]1/C=C/O[C@@]2(C)Oc3c(C)c(O)c4c(c3C2=O)C(=O)C(N2CCC(Cc3ccccc3)CC2)=C(NC(=O)/C(C)=C\C=C\[C@H](C)[C@H](O)[C@@H](C)[C@H](O)[C@H](C)[C@H](OC(C)=O)[C@@H]1C)C4=O. The quantitative estimate of drug-likeness (QED) is 0.259. The number of esters is 1. The first-order valence-electron chi connectivity index (χ1n) is 21.6. The van der Waals surface area contributed by atoms with Gasteiger partial charge in [-0.15, -0.1) is 0 Å². The molecule has 9 atom stereocenters. The lowest BCUT2D eigenvalue weighted by Gasteiger charge is -2.38. The molecule has 0 aromatic heterocycles. The van der Waals surface area contributed by atoms with Gasteiger partial charge in [-0.1, -0.05) is 76.3 Å². The summed E-state index contributed by atoms with van der Waals surface area (Å²) >= 11 is 0. The van der Waals surface area contributed by atoms with Gasteiger partial charge < -0.3 is 44.5 Å². The first kappa shape index (κ1) is 46.9. The monoisotopic (exact) mass is 868 g/mol. The molecule has 4 aliphatic heterocycles. The third-order valence-electron chi connectivity index (χ3n) is 13.2. The van der Waals surface area contributed by atoms with Gasteiger partial charge in [0, 0.05) is 68.9 Å². The Kier molecular flexibility index (Phi) is 14.2. The van der Waals surface area contributed by atoms with Crippen LogP contribution in [0.1, 0.15) is 104 Å². The van der Waals surface area contributed by atoms with Crippen LogP contribution in [0.3, 0.4) is 0 Å². The largest absolute Gasteiger partial charge is 0.507 e. The number of carbonyl (C=O) groups is 5. The van der Waals surface area contributed by atoms with Crippen molar-refractivity contribution in [2.75, 3.05) is 20.2 Å². The number of fused-ring (bicyclic) bond motifs is 14. The van der Waals surface area contributed by atoms with Crippen LogP contribution >= 0.6 is 0 Å². The van der Waals surface area contributed by atoms with Gasteiger partial charge in [0.05, 0.1) is 41.3 Å². The molecular weight excluding hydrogens is 809 g/mol. The molecule has 1 amide bonds. The number of ether oxygens (including phenoxy) is 4. The van der Waals surface area contributed by atoms with E-state index in [9.17, 15) is 34.5 Å². The number of nitrogens with zero attached hydrogens (tertiary/aromatic N) is 1. The highest BCUT2D eigenvalue weighted by Gasteiger charge is 2.53. The predicted octanol–water partition coefficient (Wildman–Crippen LogP) is 5.91. The van der Waals surface area contributed by atoms with Gasteiger partial charge in [-0.3, -0.25) is 24.0 Å². The van der Waals surface area contributed by atoms with E-state index in [1.54, 1.807) is 44.7 Å². The molecule has 0 radical (unpaired) electrons. The van der Waals surface area contributed by atoms with Crippen LogP contribution in [0, 0.1) is 36.5 Å². The number of phenolic OH excluding ortho intramolecular Hbond substituents is 1. The van der Waals surface area contributed by atoms with Gasteiger partial charge in [0.25, 0.3) is 11.7 Å². The molecule has 1 fully saturated rings. The Labute approximate surface area is 368 Å². The topological polar surface area (TPSA) is 198 Å². The lowest BCUT2D eigenvalue weighted by molar-refractivity contribution is -0.160. The summed E-state index contributed by atoms with van der Waals surface area (Å²) in [6, 6.07) is 10.1. The number of rotatable bonds is 5. The summed E-state index contributed by atoms with van der Waals surface area (Å²) in [5.74, 6) is -8.65. The van der Waals surface area contributed by atoms with E-state index in [0.29, 0.717) is 25.9 Å². The first-order chi connectivity index (χ1) is 29.8. The zero-order valence-corrected chi connectivity index (χ0v) is 37.5. The minimum atomic E-state index is -2.08. The average molecular weight is 869 g/mol. The highest BCUT2D eigenvalue weighted by atomic mass is 16.7. The predicted molar refractivity (Wildman–Crippen MR) is 233 cm³/mol. The summed E-state index contributed by atoms with van der Waals surface area (Å²) in [4.78, 5) is 72.4. The van der Waals surface area contributed by atoms with Crippen LogP contribution in [-0.2, 0) is 30.2 Å². The maximum absolute atomic E-state index is 15.1. The maximum atomic E-state index is 15.1. The van der Waals surface area contributed by atoms with E-state index >= 15 is 4.79 Å². The van der Waals surface area contributed by atoms with Crippen molar-refractivity contribution >= 4 is 29.2 Å². The number of amides is 1. The molecule has 0 saturated carbocycles. The molecule has 0 unspecified atom stereocenters. The number of benzene rings is 2. The molecule has 4 heterocycles. The van der Waals surface area contributed by atoms with Gasteiger partial charge in [-0.05, 0) is 50.7 Å². The molecule has 0 spiro atoms. The molecule has 338 valence electrons. The van der Waals surface area contributed by atoms with Crippen molar-refractivity contribution in [2.45, 2.75) is 105 Å². The average Bonchev–Trinajstić information content (AvgIpc) is 3.52. The summed E-state index contributed by atoms with van der Waals surface area (Å²) < 4.78 is 23.7. The highest BCUT2D eigenvalue weighted by molar-refractivity contribution is 6.32. The maximum Gasteiger partial charge on any atom is 0.312 e. The van der Waals surface area contributed by atoms with Crippen molar-refractivity contribution in [1.29, 1.82) is 0 Å². The number of carbonyl (C=O) groups excluding carboxylic acids is 5. The smallest absolute Gasteiger partial charge is 0.312 e. The minimum Gasteiger partial charge on any atom is -0.507 e. The van der Waals surface area contributed by atoms with Crippen LogP contribution in [0.4, 0.5) is 0 Å². The molecular formula is C49H60N2O12. The van der Waals surface area contributed by atoms with Crippen molar-refractivity contribution in [3.8, 4) is 11.5 Å². The van der Waals surface area contributed by atoms with Crippen molar-refractivity contribution in [2.24, 2.45) is 29.6 Å². The summed E-state index contributed by atoms with van der Waals surface area (Å²) in [6.45, 7) is 13.3. The number of likely N-dealkylation sites (tertiary alicyclic amines) is 1. The number of phenols is 1. The van der Waals surface area contributed by atoms with Crippen molar-refractivity contribution < 1.29 is 58.2 Å². The molecule has 5 aliphatic rings. The molecule has 4 N–H and O–H groups in total. The van der Waals surface area contributed by atoms with Crippen LogP contribution < -0.4 is 10.1 Å². The number of ketones is 3. The number of methoxy groups -OCH3 is 1. The van der Waals surface area contributed by atoms with Gasteiger partial charge in [0.1, 0.15) is 29.0 Å². The molecule has 7 rings (SSSR count). The Hall–Kier alpha value is -5.57. The van der Waals surface area contributed by atoms with Crippen LogP contribution in [-0.4, -0.2) is 99.8 Å². The van der Waals surface area contributed by atoms with Gasteiger partial charge >= 0.3 is 11.8 Å². The number of hydrogen-bond donors (Lipinski definition) is 4. The number of aliphatic hydroxyl groups is 2. The standard InChI is InChI=1S/C49H60N2O12/c1-25-14-13-15-26(2)48(59)50-38-39(51-21-18-33(19-22-51)24-32-16-11-10-12-17-32)44(57)35-36(43(38)56)42(55)30(6)46-37(35)47(58)49(8,63-46)61-23-20-34(60-9)27(3)45(62-31(7)52)29(5)41(54)28(4)40(25)53/h10-17,20,23,25,27-29,33-34,40-41,45,53-55H,18-19,21-22,24H2,1-9H3,(H,50,59)/b14-13+,23-20+,26-15-/t25-,27+,28+,29-,34-,40-,41-,45+,49-/m0/s1. The number of Topliss-reactive ketones (excluding diaryl/α,β-unsaturated/α-hetero) is 3. The van der Waals surface area contributed by atoms with Crippen LogP contribution in [0.5, 0.6) is 11.5 Å². The Morgan fingerprint density at radius 3 is 2.21 bits per heavy atom. The zero-order chi connectivity index (χ0) is 46.1. The summed E-state index contributed by atoms with van der Waals surface area (Å²) in [5.41, 5.74) is -0.0546. The molecule has 14 nitrogen and oxygen atoms in total. The van der Waals surface area contributed by atoms with Crippen molar-refractivity contribution in [1.82, 2.24) is 10.2 Å². The second-order valence-electron chi connectivity index (χ2n) is 17.6. The first-order valence-corrected chi connectivity index (χ1v) is 21.6. The fourth-order valence-corrected chi connectivity index (χ4v) is 9.29. The third-order valence-corrected chi connectivity index (χ3v) is 13.2. The van der Waals surface area contributed by atoms with E-state index in [1.807, 2.05) is 18.2 Å². The number of allylic oxidation sites excluding steroid dienone is 4. The Morgan fingerprint density at radius 1 is 0.905 bits per heavy atom. The van der Waals surface area contributed by atoms with E-state index in [0.717, 1.165) is 6.42 Å². The lowest BCUT2D eigenvalue weighted by atomic mass is 9.78. The fourth-order valence-electron chi connectivity index (χ4n) is 9.29. The third kappa shape index (κ3) is 9.25. The lowest BCUT2D eigenvalue weighted by Crippen LogP contribution is -2.46. The molecule has 63 heavy (non-hydrogen) atoms. The summed E-state index contributed by atoms with van der Waals surface area (Å²) in [5, 5.41) is 37.3. The molecule has 2 aromatic carbocycles. The number of hydrogen-bond acceptors (Lipinski definition) is 13. The zero-order valence-electron chi connectivity index (χ0n) is 37.5. The van der Waals surface area contributed by atoms with Crippen LogP contribution in [0.25, 0.3) is 0 Å². The normalized spacial score (nSPS) is 31.7. The summed E-state index contributed by atoms with van der Waals surface area (Å²) in [7, 11) is 1.44. The summed E-state index contributed by atoms with van der Waals surface area (Å²) in [6.07, 6.45) is 5.72. The van der Waals surface area contributed by atoms with E-state index in [2.05, 4.69) is 17.4 Å². The second-order valence-corrected chi connectivity index (χ2v) is 17.6. The van der Waals surface area contributed by atoms with E-state index in [-0.39, 0.29) is 45.3 Å². The van der Waals surface area contributed by atoms with Gasteiger partial charge in [0.15, 0.2) is 0 Å². The number of aromatic hydroxyl groups is 1. The van der Waals surface area contributed by atoms with Gasteiger partial charge in [-0.25, -0.2) is 0 Å². The van der Waals surface area contributed by atoms with E-state index < -0.39 is 94.4 Å². The van der Waals surface area contributed by atoms with E-state index in [1.165, 1.54) is 58.8 Å². The highest BCUT2D eigenvalue weighted by Crippen LogP contribution is 2.49. The Balaban J connectivity index is 1.45. The second kappa shape index (κ2) is 19.0. The van der Waals surface area contributed by atoms with Crippen LogP contribution in [0.15, 0.2) is 77.9 Å². The Morgan fingerprint density at radius 2 is 1.57 bits per heavy atom.